The molecule has 0 aromatic carbocycles. The molecule has 0 rings (SSSR count). The SMILES string of the molecule is CC(C)(CCCCF)CCC(=O)O. The molecule has 2 nitrogen and oxygen atoms in total. The van der Waals surface area contributed by atoms with Crippen molar-refractivity contribution in [1.29, 1.82) is 0 Å². The van der Waals surface area contributed by atoms with Crippen LogP contribution in [-0.4, -0.2) is 17.8 Å². The van der Waals surface area contributed by atoms with E-state index >= 15 is 0 Å². The molecule has 0 spiro atoms. The van der Waals surface area contributed by atoms with Crippen LogP contribution in [0.25, 0.3) is 0 Å². The van der Waals surface area contributed by atoms with Crippen molar-refractivity contribution in [2.45, 2.75) is 46.0 Å². The van der Waals surface area contributed by atoms with Crippen LogP contribution in [0.2, 0.25) is 0 Å². The Morgan fingerprint density at radius 3 is 2.38 bits per heavy atom. The van der Waals surface area contributed by atoms with E-state index in [1.807, 2.05) is 13.8 Å². The molecule has 78 valence electrons. The normalized spacial score (nSPS) is 11.6. The zero-order valence-corrected chi connectivity index (χ0v) is 8.48. The maximum Gasteiger partial charge on any atom is 0.303 e. The molecule has 0 aliphatic rings. The van der Waals surface area contributed by atoms with Crippen molar-refractivity contribution in [1.82, 2.24) is 0 Å². The van der Waals surface area contributed by atoms with Gasteiger partial charge in [0, 0.05) is 6.42 Å². The average molecular weight is 190 g/mol. The van der Waals surface area contributed by atoms with E-state index in [0.717, 1.165) is 12.8 Å². The fourth-order valence-electron chi connectivity index (χ4n) is 1.27. The molecule has 0 fully saturated rings. The molecular weight excluding hydrogens is 171 g/mol. The van der Waals surface area contributed by atoms with Crippen LogP contribution in [0.4, 0.5) is 4.39 Å². The summed E-state index contributed by atoms with van der Waals surface area (Å²) in [4.78, 5) is 10.3. The summed E-state index contributed by atoms with van der Waals surface area (Å²) in [5, 5.41) is 8.49. The van der Waals surface area contributed by atoms with Gasteiger partial charge in [0.1, 0.15) is 0 Å². The van der Waals surface area contributed by atoms with Gasteiger partial charge in [-0.2, -0.15) is 0 Å². The van der Waals surface area contributed by atoms with Gasteiger partial charge < -0.3 is 5.11 Å². The van der Waals surface area contributed by atoms with Gasteiger partial charge in [-0.25, -0.2) is 0 Å². The predicted molar refractivity (Wildman–Crippen MR) is 50.5 cm³/mol. The van der Waals surface area contributed by atoms with Crippen molar-refractivity contribution in [3.63, 3.8) is 0 Å². The molecule has 0 amide bonds. The van der Waals surface area contributed by atoms with Crippen LogP contribution in [0.1, 0.15) is 46.0 Å². The van der Waals surface area contributed by atoms with Crippen LogP contribution in [-0.2, 0) is 4.79 Å². The Bertz CT molecular complexity index is 155. The van der Waals surface area contributed by atoms with E-state index in [1.54, 1.807) is 0 Å². The highest BCUT2D eigenvalue weighted by Gasteiger charge is 2.18. The molecule has 0 saturated heterocycles. The third kappa shape index (κ3) is 7.75. The number of carboxylic acid groups (broad SMARTS) is 1. The van der Waals surface area contributed by atoms with E-state index in [4.69, 9.17) is 5.11 Å². The molecular formula is C10H19FO2. The second-order valence-corrected chi connectivity index (χ2v) is 4.20. The third-order valence-corrected chi connectivity index (χ3v) is 2.25. The lowest BCUT2D eigenvalue weighted by Crippen LogP contribution is -2.13. The first-order chi connectivity index (χ1) is 5.98. The van der Waals surface area contributed by atoms with Crippen LogP contribution in [0, 0.1) is 5.41 Å². The number of rotatable bonds is 7. The topological polar surface area (TPSA) is 37.3 Å². The van der Waals surface area contributed by atoms with E-state index in [2.05, 4.69) is 0 Å². The minimum atomic E-state index is -0.751. The van der Waals surface area contributed by atoms with Crippen molar-refractivity contribution in [3.8, 4) is 0 Å². The first kappa shape index (κ1) is 12.4. The van der Waals surface area contributed by atoms with Gasteiger partial charge in [-0.15, -0.1) is 0 Å². The standard InChI is InChI=1S/C10H19FO2/c1-10(2,6-3-4-8-11)7-5-9(12)13/h3-8H2,1-2H3,(H,12,13). The van der Waals surface area contributed by atoms with E-state index in [0.29, 0.717) is 12.8 Å². The van der Waals surface area contributed by atoms with Gasteiger partial charge in [-0.1, -0.05) is 20.3 Å². The van der Waals surface area contributed by atoms with Gasteiger partial charge in [0.25, 0.3) is 0 Å². The summed E-state index contributed by atoms with van der Waals surface area (Å²) in [5.41, 5.74) is 0.0353. The smallest absolute Gasteiger partial charge is 0.303 e. The molecule has 0 unspecified atom stereocenters. The molecule has 0 aliphatic carbocycles. The maximum absolute atomic E-state index is 11.8. The molecule has 0 aromatic heterocycles. The number of hydrogen-bond donors (Lipinski definition) is 1. The molecule has 1 N–H and O–H groups in total. The highest BCUT2D eigenvalue weighted by atomic mass is 19.1. The number of halogens is 1. The third-order valence-electron chi connectivity index (χ3n) is 2.25. The van der Waals surface area contributed by atoms with Gasteiger partial charge in [0.2, 0.25) is 0 Å². The molecule has 3 heteroatoms. The summed E-state index contributed by atoms with van der Waals surface area (Å²) in [6, 6.07) is 0. The molecule has 0 atom stereocenters. The maximum atomic E-state index is 11.8. The second-order valence-electron chi connectivity index (χ2n) is 4.20. The fourth-order valence-corrected chi connectivity index (χ4v) is 1.27. The Labute approximate surface area is 79.1 Å². The summed E-state index contributed by atoms with van der Waals surface area (Å²) in [6.07, 6.45) is 3.24. The van der Waals surface area contributed by atoms with Crippen molar-refractivity contribution >= 4 is 5.97 Å². The fraction of sp³-hybridized carbons (Fsp3) is 0.900. The highest BCUT2D eigenvalue weighted by molar-refractivity contribution is 5.66. The zero-order valence-electron chi connectivity index (χ0n) is 8.48. The summed E-state index contributed by atoms with van der Waals surface area (Å²) in [6.45, 7) is 3.80. The summed E-state index contributed by atoms with van der Waals surface area (Å²) >= 11 is 0. The minimum Gasteiger partial charge on any atom is -0.481 e. The lowest BCUT2D eigenvalue weighted by molar-refractivity contribution is -0.137. The largest absolute Gasteiger partial charge is 0.481 e. The number of carboxylic acids is 1. The summed E-state index contributed by atoms with van der Waals surface area (Å²) in [7, 11) is 0. The van der Waals surface area contributed by atoms with E-state index < -0.39 is 5.97 Å². The van der Waals surface area contributed by atoms with Gasteiger partial charge in [0.05, 0.1) is 6.67 Å². The molecule has 0 aliphatic heterocycles. The predicted octanol–water partition coefficient (Wildman–Crippen LogP) is 3.02. The summed E-state index contributed by atoms with van der Waals surface area (Å²) in [5.74, 6) is -0.751. The lowest BCUT2D eigenvalue weighted by Gasteiger charge is -2.23. The average Bonchev–Trinajstić information content (AvgIpc) is 2.02. The molecule has 0 heterocycles. The van der Waals surface area contributed by atoms with Crippen molar-refractivity contribution in [2.24, 2.45) is 5.41 Å². The Kier molecular flexibility index (Phi) is 5.67. The Hall–Kier alpha value is -0.600. The zero-order chi connectivity index (χ0) is 10.3. The lowest BCUT2D eigenvalue weighted by atomic mass is 9.83. The Morgan fingerprint density at radius 1 is 1.31 bits per heavy atom. The van der Waals surface area contributed by atoms with E-state index in [-0.39, 0.29) is 18.5 Å². The Morgan fingerprint density at radius 2 is 1.92 bits per heavy atom. The number of aliphatic carboxylic acids is 1. The van der Waals surface area contributed by atoms with Crippen LogP contribution in [0.3, 0.4) is 0 Å². The molecule has 0 bridgehead atoms. The number of carbonyl (C=O) groups is 1. The van der Waals surface area contributed by atoms with Crippen LogP contribution >= 0.6 is 0 Å². The van der Waals surface area contributed by atoms with Crippen molar-refractivity contribution in [2.75, 3.05) is 6.67 Å². The first-order valence-electron chi connectivity index (χ1n) is 4.76. The van der Waals surface area contributed by atoms with E-state index in [1.165, 1.54) is 0 Å². The van der Waals surface area contributed by atoms with Gasteiger partial charge in [0.15, 0.2) is 0 Å². The van der Waals surface area contributed by atoms with E-state index in [9.17, 15) is 9.18 Å². The molecule has 0 radical (unpaired) electrons. The molecule has 13 heavy (non-hydrogen) atoms. The second kappa shape index (κ2) is 5.95. The molecule has 0 saturated carbocycles. The molecule has 0 aromatic rings. The van der Waals surface area contributed by atoms with Gasteiger partial charge in [-0.3, -0.25) is 9.18 Å². The Balaban J connectivity index is 3.59. The van der Waals surface area contributed by atoms with Crippen LogP contribution in [0.5, 0.6) is 0 Å². The van der Waals surface area contributed by atoms with Crippen LogP contribution in [0.15, 0.2) is 0 Å². The van der Waals surface area contributed by atoms with Crippen molar-refractivity contribution < 1.29 is 14.3 Å². The highest BCUT2D eigenvalue weighted by Crippen LogP contribution is 2.28. The number of unbranched alkanes of at least 4 members (excludes halogenated alkanes) is 1. The van der Waals surface area contributed by atoms with Crippen LogP contribution < -0.4 is 0 Å². The monoisotopic (exact) mass is 190 g/mol. The minimum absolute atomic E-state index is 0.0353. The number of alkyl halides is 1. The first-order valence-corrected chi connectivity index (χ1v) is 4.76. The van der Waals surface area contributed by atoms with Crippen molar-refractivity contribution in [3.05, 3.63) is 0 Å². The van der Waals surface area contributed by atoms with Gasteiger partial charge in [-0.05, 0) is 24.7 Å². The quantitative estimate of drug-likeness (QED) is 0.626. The van der Waals surface area contributed by atoms with Gasteiger partial charge >= 0.3 is 5.97 Å². The number of hydrogen-bond acceptors (Lipinski definition) is 1. The summed E-state index contributed by atoms with van der Waals surface area (Å²) < 4.78 is 11.8.